The van der Waals surface area contributed by atoms with Crippen molar-refractivity contribution >= 4 is 5.91 Å². The van der Waals surface area contributed by atoms with E-state index in [1.807, 2.05) is 29.2 Å². The summed E-state index contributed by atoms with van der Waals surface area (Å²) in [5.74, 6) is 0.194. The third kappa shape index (κ3) is 2.21. The molecule has 112 valence electrons. The summed E-state index contributed by atoms with van der Waals surface area (Å²) < 4.78 is 17.1. The maximum absolute atomic E-state index is 12.8. The highest BCUT2D eigenvalue weighted by Crippen LogP contribution is 2.37. The van der Waals surface area contributed by atoms with Gasteiger partial charge in [-0.15, -0.1) is 0 Å². The number of fused-ring (bicyclic) bond motifs is 1. The first-order chi connectivity index (χ1) is 10.3. The van der Waals surface area contributed by atoms with E-state index in [0.717, 1.165) is 30.7 Å². The molecule has 1 spiro atoms. The number of hydrogen-bond donors (Lipinski definition) is 0. The Labute approximate surface area is 123 Å². The number of ether oxygens (including phenoxy) is 3. The van der Waals surface area contributed by atoms with E-state index in [1.165, 1.54) is 0 Å². The molecule has 1 amide bonds. The van der Waals surface area contributed by atoms with Crippen molar-refractivity contribution < 1.29 is 19.0 Å². The number of hydrogen-bond acceptors (Lipinski definition) is 4. The molecule has 0 radical (unpaired) electrons. The Kier molecular flexibility index (Phi) is 3.12. The van der Waals surface area contributed by atoms with Gasteiger partial charge in [0.25, 0.3) is 0 Å². The van der Waals surface area contributed by atoms with E-state index in [9.17, 15) is 4.79 Å². The number of carbonyl (C=O) groups excluding carboxylic acids is 1. The largest absolute Gasteiger partial charge is 0.492 e. The Morgan fingerprint density at radius 1 is 1.24 bits per heavy atom. The van der Waals surface area contributed by atoms with Crippen LogP contribution in [-0.2, 0) is 14.3 Å². The third-order valence-corrected chi connectivity index (χ3v) is 4.54. The molecular formula is C16H19NO4. The van der Waals surface area contributed by atoms with E-state index in [2.05, 4.69) is 0 Å². The molecule has 5 nitrogen and oxygen atoms in total. The Hall–Kier alpha value is -1.59. The van der Waals surface area contributed by atoms with Gasteiger partial charge in [-0.1, -0.05) is 18.2 Å². The molecule has 0 saturated carbocycles. The highest BCUT2D eigenvalue weighted by atomic mass is 16.7. The normalized spacial score (nSPS) is 26.7. The highest BCUT2D eigenvalue weighted by Gasteiger charge is 2.44. The smallest absolute Gasteiger partial charge is 0.233 e. The van der Waals surface area contributed by atoms with Crippen LogP contribution >= 0.6 is 0 Å². The molecule has 3 aliphatic rings. The first-order valence-corrected chi connectivity index (χ1v) is 7.56. The molecule has 1 atom stereocenters. The van der Waals surface area contributed by atoms with Crippen LogP contribution in [-0.4, -0.2) is 49.5 Å². The quantitative estimate of drug-likeness (QED) is 0.786. The minimum Gasteiger partial charge on any atom is -0.492 e. The molecule has 2 fully saturated rings. The summed E-state index contributed by atoms with van der Waals surface area (Å²) in [6.45, 7) is 2.98. The summed E-state index contributed by atoms with van der Waals surface area (Å²) in [4.78, 5) is 14.7. The van der Waals surface area contributed by atoms with Crippen molar-refractivity contribution in [2.24, 2.45) is 0 Å². The van der Waals surface area contributed by atoms with Crippen LogP contribution in [0.4, 0.5) is 0 Å². The second kappa shape index (κ2) is 5.00. The van der Waals surface area contributed by atoms with E-state index in [1.54, 1.807) is 0 Å². The van der Waals surface area contributed by atoms with E-state index >= 15 is 0 Å². The minimum atomic E-state index is -0.563. The average molecular weight is 289 g/mol. The SMILES string of the molecule is O=C(C1COc2ccccc21)N1CCCC2(C1)OCCO2. The van der Waals surface area contributed by atoms with Gasteiger partial charge in [-0.25, -0.2) is 0 Å². The van der Waals surface area contributed by atoms with E-state index in [-0.39, 0.29) is 11.8 Å². The second-order valence-electron chi connectivity index (χ2n) is 5.87. The maximum atomic E-state index is 12.8. The molecule has 21 heavy (non-hydrogen) atoms. The van der Waals surface area contributed by atoms with Crippen molar-refractivity contribution in [2.75, 3.05) is 32.9 Å². The van der Waals surface area contributed by atoms with Gasteiger partial charge in [0.15, 0.2) is 5.79 Å². The van der Waals surface area contributed by atoms with Gasteiger partial charge < -0.3 is 19.1 Å². The Morgan fingerprint density at radius 3 is 2.90 bits per heavy atom. The highest BCUT2D eigenvalue weighted by molar-refractivity contribution is 5.85. The van der Waals surface area contributed by atoms with Gasteiger partial charge in [-0.2, -0.15) is 0 Å². The fraction of sp³-hybridized carbons (Fsp3) is 0.562. The predicted molar refractivity (Wildman–Crippen MR) is 75.1 cm³/mol. The fourth-order valence-electron chi connectivity index (χ4n) is 3.50. The van der Waals surface area contributed by atoms with Gasteiger partial charge >= 0.3 is 0 Å². The van der Waals surface area contributed by atoms with Gasteiger partial charge in [0.2, 0.25) is 5.91 Å². The predicted octanol–water partition coefficient (Wildman–Crippen LogP) is 1.53. The number of amides is 1. The maximum Gasteiger partial charge on any atom is 0.233 e. The zero-order valence-electron chi connectivity index (χ0n) is 11.9. The molecule has 4 rings (SSSR count). The number of benzene rings is 1. The molecule has 3 heterocycles. The lowest BCUT2D eigenvalue weighted by Crippen LogP contribution is -2.52. The summed E-state index contributed by atoms with van der Waals surface area (Å²) >= 11 is 0. The van der Waals surface area contributed by atoms with Gasteiger partial charge in [0.1, 0.15) is 18.3 Å². The Morgan fingerprint density at radius 2 is 2.05 bits per heavy atom. The van der Waals surface area contributed by atoms with E-state index in [0.29, 0.717) is 26.4 Å². The molecule has 0 aliphatic carbocycles. The van der Waals surface area contributed by atoms with Crippen molar-refractivity contribution in [1.29, 1.82) is 0 Å². The number of rotatable bonds is 1. The van der Waals surface area contributed by atoms with Gasteiger partial charge in [0, 0.05) is 18.5 Å². The van der Waals surface area contributed by atoms with Crippen molar-refractivity contribution in [3.63, 3.8) is 0 Å². The Bertz CT molecular complexity index is 553. The van der Waals surface area contributed by atoms with Crippen LogP contribution in [0, 0.1) is 0 Å². The number of para-hydroxylation sites is 1. The molecule has 0 N–H and O–H groups in total. The van der Waals surface area contributed by atoms with E-state index in [4.69, 9.17) is 14.2 Å². The van der Waals surface area contributed by atoms with Crippen molar-refractivity contribution in [1.82, 2.24) is 4.90 Å². The lowest BCUT2D eigenvalue weighted by atomic mass is 9.97. The standard InChI is InChI=1S/C16H19NO4/c18-15(13-10-19-14-5-2-1-4-12(13)14)17-7-3-6-16(11-17)20-8-9-21-16/h1-2,4-5,13H,3,6-11H2. The zero-order valence-corrected chi connectivity index (χ0v) is 11.9. The molecule has 1 aromatic carbocycles. The van der Waals surface area contributed by atoms with Gasteiger partial charge in [-0.3, -0.25) is 4.79 Å². The average Bonchev–Trinajstić information content (AvgIpc) is 3.14. The molecule has 3 aliphatic heterocycles. The van der Waals surface area contributed by atoms with E-state index < -0.39 is 5.79 Å². The number of likely N-dealkylation sites (tertiary alicyclic amines) is 1. The third-order valence-electron chi connectivity index (χ3n) is 4.54. The first kappa shape index (κ1) is 13.1. The lowest BCUT2D eigenvalue weighted by Gasteiger charge is -2.39. The topological polar surface area (TPSA) is 48.0 Å². The van der Waals surface area contributed by atoms with Crippen molar-refractivity contribution in [2.45, 2.75) is 24.5 Å². The van der Waals surface area contributed by atoms with Crippen LogP contribution in [0.15, 0.2) is 24.3 Å². The summed E-state index contributed by atoms with van der Waals surface area (Å²) in [7, 11) is 0. The zero-order chi connectivity index (χ0) is 14.3. The van der Waals surface area contributed by atoms with Gasteiger partial charge in [0.05, 0.1) is 19.8 Å². The fourth-order valence-corrected chi connectivity index (χ4v) is 3.50. The molecule has 2 saturated heterocycles. The summed E-state index contributed by atoms with van der Waals surface area (Å²) in [6, 6.07) is 7.78. The molecule has 1 aromatic rings. The minimum absolute atomic E-state index is 0.123. The van der Waals surface area contributed by atoms with Crippen LogP contribution in [0.1, 0.15) is 24.3 Å². The summed E-state index contributed by atoms with van der Waals surface area (Å²) in [6.07, 6.45) is 1.79. The summed E-state index contributed by atoms with van der Waals surface area (Å²) in [5.41, 5.74) is 0.996. The van der Waals surface area contributed by atoms with Crippen molar-refractivity contribution in [3.8, 4) is 5.75 Å². The lowest BCUT2D eigenvalue weighted by molar-refractivity contribution is -0.193. The van der Waals surface area contributed by atoms with Crippen LogP contribution in [0.3, 0.4) is 0 Å². The van der Waals surface area contributed by atoms with Crippen LogP contribution < -0.4 is 4.74 Å². The molecule has 0 bridgehead atoms. The monoisotopic (exact) mass is 289 g/mol. The molecule has 0 aromatic heterocycles. The number of carbonyl (C=O) groups is 1. The Balaban J connectivity index is 1.53. The first-order valence-electron chi connectivity index (χ1n) is 7.56. The molecule has 1 unspecified atom stereocenters. The second-order valence-corrected chi connectivity index (χ2v) is 5.87. The molecule has 5 heteroatoms. The molecular weight excluding hydrogens is 270 g/mol. The van der Waals surface area contributed by atoms with Crippen molar-refractivity contribution in [3.05, 3.63) is 29.8 Å². The number of piperidine rings is 1. The van der Waals surface area contributed by atoms with Crippen LogP contribution in [0.2, 0.25) is 0 Å². The van der Waals surface area contributed by atoms with Gasteiger partial charge in [-0.05, 0) is 12.5 Å². The number of nitrogens with zero attached hydrogens (tertiary/aromatic N) is 1. The summed E-state index contributed by atoms with van der Waals surface area (Å²) in [5, 5.41) is 0. The van der Waals surface area contributed by atoms with Crippen LogP contribution in [0.5, 0.6) is 5.75 Å². The van der Waals surface area contributed by atoms with Crippen LogP contribution in [0.25, 0.3) is 0 Å².